The van der Waals surface area contributed by atoms with Crippen molar-refractivity contribution in [1.82, 2.24) is 0 Å². The summed E-state index contributed by atoms with van der Waals surface area (Å²) < 4.78 is 10.7. The Morgan fingerprint density at radius 2 is 1.77 bits per heavy atom. The minimum Gasteiger partial charge on any atom is -0.459 e. The number of esters is 2. The van der Waals surface area contributed by atoms with Crippen LogP contribution in [0.4, 0.5) is 0 Å². The van der Waals surface area contributed by atoms with Gasteiger partial charge in [0.1, 0.15) is 13.2 Å². The zero-order valence-electron chi connectivity index (χ0n) is 6.86. The smallest absolute Gasteiger partial charge is 0.331 e. The molecule has 0 heterocycles. The van der Waals surface area contributed by atoms with E-state index in [1.807, 2.05) is 22.6 Å². The van der Waals surface area contributed by atoms with E-state index in [-0.39, 0.29) is 13.2 Å². The Bertz CT molecular complexity index is 222. The molecule has 0 atom stereocenters. The molecule has 0 N–H and O–H groups in total. The first kappa shape index (κ1) is 12.2. The van der Waals surface area contributed by atoms with Crippen LogP contribution in [0.15, 0.2) is 22.8 Å². The largest absolute Gasteiger partial charge is 0.459 e. The van der Waals surface area contributed by atoms with E-state index in [9.17, 15) is 9.59 Å². The van der Waals surface area contributed by atoms with Crippen molar-refractivity contribution in [3.63, 3.8) is 0 Å². The predicted octanol–water partition coefficient (Wildman–Crippen LogP) is 1.21. The third-order valence-corrected chi connectivity index (χ3v) is 1.30. The third kappa shape index (κ3) is 7.51. The zero-order chi connectivity index (χ0) is 10.1. The number of ether oxygens (including phenoxy) is 2. The maximum atomic E-state index is 10.7. The average molecular weight is 296 g/mol. The summed E-state index contributed by atoms with van der Waals surface area (Å²) in [6.45, 7) is 3.31. The van der Waals surface area contributed by atoms with Crippen LogP contribution in [0.5, 0.6) is 0 Å². The Morgan fingerprint density at radius 3 is 2.23 bits per heavy atom. The second kappa shape index (κ2) is 7.78. The summed E-state index contributed by atoms with van der Waals surface area (Å²) in [5.74, 6) is -0.982. The molecule has 72 valence electrons. The normalized spacial score (nSPS) is 9.62. The molecule has 0 radical (unpaired) electrons. The highest BCUT2D eigenvalue weighted by Gasteiger charge is 1.98. The first-order chi connectivity index (χ1) is 6.20. The monoisotopic (exact) mass is 296 g/mol. The number of halogens is 1. The molecule has 4 nitrogen and oxygen atoms in total. The Balaban J connectivity index is 3.40. The molecule has 0 aliphatic heterocycles. The Hall–Kier alpha value is -0.850. The molecule has 0 aromatic rings. The zero-order valence-corrected chi connectivity index (χ0v) is 9.02. The fraction of sp³-hybridized carbons (Fsp3) is 0.250. The number of carbonyl (C=O) groups is 2. The minimum absolute atomic E-state index is 0.0473. The van der Waals surface area contributed by atoms with Crippen LogP contribution in [0.3, 0.4) is 0 Å². The standard InChI is InChI=1S/C8H9IO4/c1-2-7(10)12-5-6-13-8(11)3-4-9/h2-4H,1,5-6H2/b4-3+. The van der Waals surface area contributed by atoms with Gasteiger partial charge in [-0.05, 0) is 4.08 Å². The van der Waals surface area contributed by atoms with Crippen molar-refractivity contribution in [2.24, 2.45) is 0 Å². The van der Waals surface area contributed by atoms with Gasteiger partial charge in [-0.25, -0.2) is 9.59 Å². The van der Waals surface area contributed by atoms with E-state index >= 15 is 0 Å². The molecule has 5 heteroatoms. The van der Waals surface area contributed by atoms with E-state index in [1.54, 1.807) is 0 Å². The summed E-state index contributed by atoms with van der Waals surface area (Å²) in [6, 6.07) is 0. The van der Waals surface area contributed by atoms with E-state index in [2.05, 4.69) is 16.1 Å². The van der Waals surface area contributed by atoms with Crippen LogP contribution in [0.2, 0.25) is 0 Å². The summed E-state index contributed by atoms with van der Waals surface area (Å²) >= 11 is 1.90. The van der Waals surface area contributed by atoms with Gasteiger partial charge in [0.2, 0.25) is 0 Å². The van der Waals surface area contributed by atoms with Crippen molar-refractivity contribution in [2.45, 2.75) is 0 Å². The Labute approximate surface area is 89.7 Å². The van der Waals surface area contributed by atoms with Crippen molar-refractivity contribution in [3.8, 4) is 0 Å². The highest BCUT2D eigenvalue weighted by molar-refractivity contribution is 14.1. The minimum atomic E-state index is -0.527. The molecule has 0 unspecified atom stereocenters. The number of hydrogen-bond acceptors (Lipinski definition) is 4. The molecule has 0 aromatic heterocycles. The average Bonchev–Trinajstić information content (AvgIpc) is 2.12. The molecular weight excluding hydrogens is 287 g/mol. The lowest BCUT2D eigenvalue weighted by Crippen LogP contribution is -2.10. The molecule has 0 aliphatic rings. The molecule has 0 saturated heterocycles. The summed E-state index contributed by atoms with van der Waals surface area (Å²) in [5.41, 5.74) is 0. The highest BCUT2D eigenvalue weighted by atomic mass is 127. The first-order valence-electron chi connectivity index (χ1n) is 3.43. The van der Waals surface area contributed by atoms with Crippen LogP contribution < -0.4 is 0 Å². The van der Waals surface area contributed by atoms with Gasteiger partial charge in [-0.1, -0.05) is 29.2 Å². The highest BCUT2D eigenvalue weighted by Crippen LogP contribution is 1.88. The second-order valence-corrected chi connectivity index (χ2v) is 2.55. The van der Waals surface area contributed by atoms with Crippen LogP contribution in [-0.2, 0) is 19.1 Å². The van der Waals surface area contributed by atoms with Crippen molar-refractivity contribution in [3.05, 3.63) is 22.8 Å². The molecule has 0 rings (SSSR count). The summed E-state index contributed by atoms with van der Waals surface area (Å²) in [4.78, 5) is 21.2. The Morgan fingerprint density at radius 1 is 1.23 bits per heavy atom. The van der Waals surface area contributed by atoms with E-state index in [4.69, 9.17) is 0 Å². The van der Waals surface area contributed by atoms with Crippen LogP contribution in [0.1, 0.15) is 0 Å². The van der Waals surface area contributed by atoms with E-state index in [0.29, 0.717) is 0 Å². The van der Waals surface area contributed by atoms with Gasteiger partial charge in [-0.3, -0.25) is 0 Å². The van der Waals surface area contributed by atoms with Crippen molar-refractivity contribution >= 4 is 34.5 Å². The molecular formula is C8H9IO4. The molecule has 0 bridgehead atoms. The van der Waals surface area contributed by atoms with Crippen LogP contribution in [-0.4, -0.2) is 25.2 Å². The van der Waals surface area contributed by atoms with Gasteiger partial charge in [-0.15, -0.1) is 0 Å². The first-order valence-corrected chi connectivity index (χ1v) is 4.68. The van der Waals surface area contributed by atoms with Crippen molar-refractivity contribution < 1.29 is 19.1 Å². The number of rotatable bonds is 5. The van der Waals surface area contributed by atoms with Gasteiger partial charge < -0.3 is 9.47 Å². The van der Waals surface area contributed by atoms with Gasteiger partial charge in [0.25, 0.3) is 0 Å². The van der Waals surface area contributed by atoms with E-state index < -0.39 is 11.9 Å². The Kier molecular flexibility index (Phi) is 7.27. The second-order valence-electron chi connectivity index (χ2n) is 1.83. The number of carbonyl (C=O) groups excluding carboxylic acids is 2. The number of hydrogen-bond donors (Lipinski definition) is 0. The lowest BCUT2D eigenvalue weighted by Gasteiger charge is -2.01. The summed E-state index contributed by atoms with van der Waals surface area (Å²) in [6.07, 6.45) is 2.32. The van der Waals surface area contributed by atoms with Crippen LogP contribution in [0, 0.1) is 0 Å². The van der Waals surface area contributed by atoms with Gasteiger partial charge in [0, 0.05) is 12.2 Å². The maximum absolute atomic E-state index is 10.7. The summed E-state index contributed by atoms with van der Waals surface area (Å²) in [7, 11) is 0. The van der Waals surface area contributed by atoms with E-state index in [1.165, 1.54) is 10.2 Å². The van der Waals surface area contributed by atoms with Crippen LogP contribution >= 0.6 is 22.6 Å². The fourth-order valence-electron chi connectivity index (χ4n) is 0.443. The molecule has 13 heavy (non-hydrogen) atoms. The molecule has 0 fully saturated rings. The quantitative estimate of drug-likeness (QED) is 0.331. The third-order valence-electron chi connectivity index (χ3n) is 0.938. The van der Waals surface area contributed by atoms with Gasteiger partial charge in [-0.2, -0.15) is 0 Å². The van der Waals surface area contributed by atoms with Gasteiger partial charge in [0.15, 0.2) is 0 Å². The van der Waals surface area contributed by atoms with Crippen LogP contribution in [0.25, 0.3) is 0 Å². The topological polar surface area (TPSA) is 52.6 Å². The van der Waals surface area contributed by atoms with Gasteiger partial charge in [0.05, 0.1) is 0 Å². The fourth-order valence-corrected chi connectivity index (χ4v) is 0.737. The van der Waals surface area contributed by atoms with Crippen molar-refractivity contribution in [2.75, 3.05) is 13.2 Å². The SMILES string of the molecule is C=CC(=O)OCCOC(=O)/C=C/I. The molecule has 0 aromatic carbocycles. The maximum Gasteiger partial charge on any atom is 0.331 e. The molecule has 0 amide bonds. The molecule has 0 saturated carbocycles. The van der Waals surface area contributed by atoms with Gasteiger partial charge >= 0.3 is 11.9 Å². The molecule has 0 aliphatic carbocycles. The summed E-state index contributed by atoms with van der Waals surface area (Å²) in [5, 5.41) is 0. The predicted molar refractivity (Wildman–Crippen MR) is 55.3 cm³/mol. The lowest BCUT2D eigenvalue weighted by atomic mass is 10.6. The molecule has 0 spiro atoms. The lowest BCUT2D eigenvalue weighted by molar-refractivity contribution is -0.146. The van der Waals surface area contributed by atoms with Crippen molar-refractivity contribution in [1.29, 1.82) is 0 Å². The van der Waals surface area contributed by atoms with E-state index in [0.717, 1.165) is 6.08 Å².